The minimum Gasteiger partial charge on any atom is -0.494 e. The van der Waals surface area contributed by atoms with E-state index in [1.165, 1.54) is 0 Å². The van der Waals surface area contributed by atoms with Gasteiger partial charge in [-0.3, -0.25) is 4.90 Å². The first kappa shape index (κ1) is 17.9. The Morgan fingerprint density at radius 3 is 2.52 bits per heavy atom. The van der Waals surface area contributed by atoms with Crippen LogP contribution < -0.4 is 10.5 Å². The van der Waals surface area contributed by atoms with Crippen molar-refractivity contribution in [2.24, 2.45) is 5.73 Å². The fourth-order valence-electron chi connectivity index (χ4n) is 2.21. The lowest BCUT2D eigenvalue weighted by molar-refractivity contribution is 0.0985. The van der Waals surface area contributed by atoms with Crippen LogP contribution in [0.2, 0.25) is 0 Å². The molecule has 1 unspecified atom stereocenters. The molecule has 1 rings (SSSR count). The lowest BCUT2D eigenvalue weighted by atomic mass is 10.2. The van der Waals surface area contributed by atoms with E-state index in [0.717, 1.165) is 37.4 Å². The second kappa shape index (κ2) is 9.71. The standard InChI is InChI=1S/C16H26N2O2S/c1-4-18(13(2)12-19-3)10-5-11-20-15-8-6-14(7-9-15)16(17)21/h6-9,13H,4-5,10-12H2,1-3H3,(H2,17,21). The van der Waals surface area contributed by atoms with Gasteiger partial charge in [0.05, 0.1) is 13.2 Å². The van der Waals surface area contributed by atoms with Crippen LogP contribution in [0.25, 0.3) is 0 Å². The highest BCUT2D eigenvalue weighted by atomic mass is 32.1. The average molecular weight is 310 g/mol. The quantitative estimate of drug-likeness (QED) is 0.531. The molecule has 1 atom stereocenters. The van der Waals surface area contributed by atoms with Gasteiger partial charge < -0.3 is 15.2 Å². The summed E-state index contributed by atoms with van der Waals surface area (Å²) in [6.45, 7) is 7.83. The molecule has 0 aromatic heterocycles. The zero-order chi connectivity index (χ0) is 15.7. The lowest BCUT2D eigenvalue weighted by Gasteiger charge is -2.27. The monoisotopic (exact) mass is 310 g/mol. The summed E-state index contributed by atoms with van der Waals surface area (Å²) in [5.74, 6) is 0.850. The van der Waals surface area contributed by atoms with E-state index in [1.807, 2.05) is 24.3 Å². The van der Waals surface area contributed by atoms with Gasteiger partial charge in [-0.2, -0.15) is 0 Å². The van der Waals surface area contributed by atoms with E-state index < -0.39 is 0 Å². The van der Waals surface area contributed by atoms with Crippen LogP contribution in [0, 0.1) is 0 Å². The van der Waals surface area contributed by atoms with Crippen LogP contribution in [0.5, 0.6) is 5.75 Å². The summed E-state index contributed by atoms with van der Waals surface area (Å²) in [4.78, 5) is 2.80. The molecule has 0 saturated heterocycles. The third-order valence-electron chi connectivity index (χ3n) is 3.43. The van der Waals surface area contributed by atoms with Crippen LogP contribution in [0.4, 0.5) is 0 Å². The molecule has 118 valence electrons. The predicted molar refractivity (Wildman–Crippen MR) is 91.0 cm³/mol. The number of nitrogens with zero attached hydrogens (tertiary/aromatic N) is 1. The van der Waals surface area contributed by atoms with Gasteiger partial charge in [-0.15, -0.1) is 0 Å². The van der Waals surface area contributed by atoms with Gasteiger partial charge in [-0.25, -0.2) is 0 Å². The van der Waals surface area contributed by atoms with Crippen LogP contribution in [0.1, 0.15) is 25.8 Å². The molecule has 5 heteroatoms. The summed E-state index contributed by atoms with van der Waals surface area (Å²) in [5, 5.41) is 0. The number of nitrogens with two attached hydrogens (primary N) is 1. The fourth-order valence-corrected chi connectivity index (χ4v) is 2.35. The Kier molecular flexibility index (Phi) is 8.27. The number of thiocarbonyl (C=S) groups is 1. The van der Waals surface area contributed by atoms with Gasteiger partial charge in [0.15, 0.2) is 0 Å². The molecule has 0 heterocycles. The molecule has 2 N–H and O–H groups in total. The zero-order valence-electron chi connectivity index (χ0n) is 13.2. The summed E-state index contributed by atoms with van der Waals surface area (Å²) in [7, 11) is 1.74. The Labute approximate surface area is 133 Å². The zero-order valence-corrected chi connectivity index (χ0v) is 14.0. The van der Waals surface area contributed by atoms with Crippen molar-refractivity contribution in [2.45, 2.75) is 26.3 Å². The average Bonchev–Trinajstić information content (AvgIpc) is 2.48. The summed E-state index contributed by atoms with van der Waals surface area (Å²) in [6.07, 6.45) is 0.985. The Morgan fingerprint density at radius 2 is 2.00 bits per heavy atom. The smallest absolute Gasteiger partial charge is 0.119 e. The van der Waals surface area contributed by atoms with Gasteiger partial charge in [-0.05, 0) is 44.2 Å². The molecular formula is C16H26N2O2S. The topological polar surface area (TPSA) is 47.7 Å². The van der Waals surface area contributed by atoms with Gasteiger partial charge in [0.2, 0.25) is 0 Å². The van der Waals surface area contributed by atoms with E-state index >= 15 is 0 Å². The van der Waals surface area contributed by atoms with E-state index in [2.05, 4.69) is 18.7 Å². The number of benzene rings is 1. The molecule has 0 bridgehead atoms. The van der Waals surface area contributed by atoms with Gasteiger partial charge in [0.25, 0.3) is 0 Å². The number of likely N-dealkylation sites (N-methyl/N-ethyl adjacent to an activating group) is 1. The molecule has 0 amide bonds. The molecule has 21 heavy (non-hydrogen) atoms. The first-order valence-corrected chi connectivity index (χ1v) is 7.75. The largest absolute Gasteiger partial charge is 0.494 e. The van der Waals surface area contributed by atoms with Gasteiger partial charge >= 0.3 is 0 Å². The molecule has 0 aliphatic heterocycles. The van der Waals surface area contributed by atoms with Crippen LogP contribution in [0.3, 0.4) is 0 Å². The Bertz CT molecular complexity index is 423. The van der Waals surface area contributed by atoms with Crippen molar-refractivity contribution in [1.29, 1.82) is 0 Å². The second-order valence-electron chi connectivity index (χ2n) is 5.02. The highest BCUT2D eigenvalue weighted by molar-refractivity contribution is 7.80. The number of hydrogen-bond acceptors (Lipinski definition) is 4. The SMILES string of the molecule is CCN(CCCOc1ccc(C(N)=S)cc1)C(C)COC. The molecule has 0 radical (unpaired) electrons. The maximum Gasteiger partial charge on any atom is 0.119 e. The Balaban J connectivity index is 2.31. The van der Waals surface area contributed by atoms with Crippen molar-refractivity contribution in [1.82, 2.24) is 4.90 Å². The number of ether oxygens (including phenoxy) is 2. The van der Waals surface area contributed by atoms with Crippen LogP contribution in [-0.4, -0.2) is 49.3 Å². The third kappa shape index (κ3) is 6.42. The highest BCUT2D eigenvalue weighted by Crippen LogP contribution is 2.12. The van der Waals surface area contributed by atoms with Gasteiger partial charge in [-0.1, -0.05) is 19.1 Å². The van der Waals surface area contributed by atoms with E-state index in [9.17, 15) is 0 Å². The molecule has 1 aromatic rings. The first-order valence-electron chi connectivity index (χ1n) is 7.34. The summed E-state index contributed by atoms with van der Waals surface area (Å²) in [6, 6.07) is 8.01. The molecule has 0 saturated carbocycles. The molecule has 0 fully saturated rings. The van der Waals surface area contributed by atoms with Crippen molar-refractivity contribution in [3.8, 4) is 5.75 Å². The van der Waals surface area contributed by atoms with Crippen molar-refractivity contribution in [3.05, 3.63) is 29.8 Å². The highest BCUT2D eigenvalue weighted by Gasteiger charge is 2.10. The van der Waals surface area contributed by atoms with E-state index in [0.29, 0.717) is 17.6 Å². The summed E-state index contributed by atoms with van der Waals surface area (Å²) >= 11 is 4.92. The molecule has 4 nitrogen and oxygen atoms in total. The van der Waals surface area contributed by atoms with Crippen molar-refractivity contribution in [3.63, 3.8) is 0 Å². The molecule has 0 aliphatic rings. The van der Waals surface area contributed by atoms with Crippen molar-refractivity contribution in [2.75, 3.05) is 33.4 Å². The third-order valence-corrected chi connectivity index (χ3v) is 3.67. The fraction of sp³-hybridized carbons (Fsp3) is 0.562. The minimum absolute atomic E-state index is 0.410. The summed E-state index contributed by atoms with van der Waals surface area (Å²) in [5.41, 5.74) is 6.43. The second-order valence-corrected chi connectivity index (χ2v) is 5.46. The van der Waals surface area contributed by atoms with Gasteiger partial charge in [0.1, 0.15) is 10.7 Å². The molecule has 0 aliphatic carbocycles. The minimum atomic E-state index is 0.410. The Hall–Kier alpha value is -1.17. The molecule has 1 aromatic carbocycles. The van der Waals surface area contributed by atoms with Crippen LogP contribution in [-0.2, 0) is 4.74 Å². The normalized spacial score (nSPS) is 12.4. The van der Waals surface area contributed by atoms with Crippen LogP contribution in [0.15, 0.2) is 24.3 Å². The molecule has 0 spiro atoms. The number of hydrogen-bond donors (Lipinski definition) is 1. The van der Waals surface area contributed by atoms with Crippen molar-refractivity contribution < 1.29 is 9.47 Å². The lowest BCUT2D eigenvalue weighted by Crippen LogP contribution is -2.37. The maximum atomic E-state index is 5.73. The Morgan fingerprint density at radius 1 is 1.33 bits per heavy atom. The number of methoxy groups -OCH3 is 1. The summed E-state index contributed by atoms with van der Waals surface area (Å²) < 4.78 is 10.9. The van der Waals surface area contributed by atoms with Crippen molar-refractivity contribution >= 4 is 17.2 Å². The van der Waals surface area contributed by atoms with Gasteiger partial charge in [0, 0.05) is 25.3 Å². The molecular weight excluding hydrogens is 284 g/mol. The van der Waals surface area contributed by atoms with E-state index in [1.54, 1.807) is 7.11 Å². The van der Waals surface area contributed by atoms with Crippen LogP contribution >= 0.6 is 12.2 Å². The predicted octanol–water partition coefficient (Wildman–Crippen LogP) is 2.45. The maximum absolute atomic E-state index is 5.73. The number of rotatable bonds is 10. The van der Waals surface area contributed by atoms with E-state index in [-0.39, 0.29) is 0 Å². The first-order chi connectivity index (χ1) is 10.1. The van der Waals surface area contributed by atoms with E-state index in [4.69, 9.17) is 27.4 Å².